The molecule has 2 aromatic carbocycles. The molecule has 1 aliphatic heterocycles. The Morgan fingerprint density at radius 3 is 2.06 bits per heavy atom. The fourth-order valence-electron chi connectivity index (χ4n) is 3.81. The minimum absolute atomic E-state index is 0.239. The highest BCUT2D eigenvalue weighted by molar-refractivity contribution is 6.04. The average Bonchev–Trinajstić information content (AvgIpc) is 3.14. The number of amides is 1. The zero-order valence-corrected chi connectivity index (χ0v) is 18.5. The predicted molar refractivity (Wildman–Crippen MR) is 126 cm³/mol. The summed E-state index contributed by atoms with van der Waals surface area (Å²) in [7, 11) is 3.11. The van der Waals surface area contributed by atoms with Crippen molar-refractivity contribution >= 4 is 17.4 Å². The summed E-state index contributed by atoms with van der Waals surface area (Å²) in [5.41, 5.74) is 2.90. The fraction of sp³-hybridized carbons (Fsp3) is 0.320. The first-order valence-corrected chi connectivity index (χ1v) is 10.9. The Kier molecular flexibility index (Phi) is 6.84. The van der Waals surface area contributed by atoms with Crippen molar-refractivity contribution in [1.82, 2.24) is 10.2 Å². The van der Waals surface area contributed by atoms with E-state index in [2.05, 4.69) is 20.4 Å². The van der Waals surface area contributed by atoms with Crippen LogP contribution in [0.15, 0.2) is 54.6 Å². The summed E-state index contributed by atoms with van der Waals surface area (Å²) in [4.78, 5) is 15.0. The van der Waals surface area contributed by atoms with Gasteiger partial charge < -0.3 is 19.7 Å². The molecule has 1 amide bonds. The van der Waals surface area contributed by atoms with Gasteiger partial charge in [0.2, 0.25) is 0 Å². The molecule has 166 valence electrons. The Morgan fingerprint density at radius 2 is 1.50 bits per heavy atom. The average molecular weight is 433 g/mol. The number of ether oxygens (including phenoxy) is 2. The standard InChI is InChI=1S/C25H28N4O3/c1-31-21-15-19(16-22(17-21)32-2)25(30)26-20-9-7-18(8-10-20)23-11-12-24(28-27-23)29-13-5-3-4-6-14-29/h7-12,15-17H,3-6,13-14H2,1-2H3,(H,26,30). The third kappa shape index (κ3) is 5.17. The van der Waals surface area contributed by atoms with Crippen LogP contribution in [0.25, 0.3) is 11.3 Å². The smallest absolute Gasteiger partial charge is 0.255 e. The molecule has 0 spiro atoms. The van der Waals surface area contributed by atoms with Crippen molar-refractivity contribution < 1.29 is 14.3 Å². The van der Waals surface area contributed by atoms with Crippen molar-refractivity contribution in [2.24, 2.45) is 0 Å². The Morgan fingerprint density at radius 1 is 0.844 bits per heavy atom. The minimum Gasteiger partial charge on any atom is -0.497 e. The molecule has 1 N–H and O–H groups in total. The highest BCUT2D eigenvalue weighted by atomic mass is 16.5. The van der Waals surface area contributed by atoms with E-state index in [1.807, 2.05) is 36.4 Å². The maximum atomic E-state index is 12.7. The van der Waals surface area contributed by atoms with E-state index in [0.29, 0.717) is 22.7 Å². The molecule has 0 radical (unpaired) electrons. The van der Waals surface area contributed by atoms with Gasteiger partial charge in [0.15, 0.2) is 5.82 Å². The van der Waals surface area contributed by atoms with Gasteiger partial charge in [-0.15, -0.1) is 10.2 Å². The number of carbonyl (C=O) groups is 1. The van der Waals surface area contributed by atoms with E-state index in [4.69, 9.17) is 9.47 Å². The topological polar surface area (TPSA) is 76.6 Å². The number of rotatable bonds is 6. The maximum Gasteiger partial charge on any atom is 0.255 e. The van der Waals surface area contributed by atoms with Crippen LogP contribution in [0.3, 0.4) is 0 Å². The van der Waals surface area contributed by atoms with Gasteiger partial charge in [-0.1, -0.05) is 25.0 Å². The van der Waals surface area contributed by atoms with Crippen LogP contribution < -0.4 is 19.7 Å². The molecule has 1 aliphatic rings. The molecule has 4 rings (SSSR count). The van der Waals surface area contributed by atoms with Crippen LogP contribution in [0, 0.1) is 0 Å². The summed E-state index contributed by atoms with van der Waals surface area (Å²) in [6, 6.07) is 16.7. The number of carbonyl (C=O) groups excluding carboxylic acids is 1. The molecule has 0 saturated carbocycles. The summed E-state index contributed by atoms with van der Waals surface area (Å²) >= 11 is 0. The lowest BCUT2D eigenvalue weighted by Crippen LogP contribution is -2.25. The zero-order valence-electron chi connectivity index (χ0n) is 18.5. The van der Waals surface area contributed by atoms with Crippen LogP contribution in [0.1, 0.15) is 36.0 Å². The lowest BCUT2D eigenvalue weighted by atomic mass is 10.1. The van der Waals surface area contributed by atoms with E-state index in [1.54, 1.807) is 32.4 Å². The summed E-state index contributed by atoms with van der Waals surface area (Å²) in [6.07, 6.45) is 4.99. The Balaban J connectivity index is 1.43. The van der Waals surface area contributed by atoms with Crippen molar-refractivity contribution in [1.29, 1.82) is 0 Å². The van der Waals surface area contributed by atoms with Crippen LogP contribution >= 0.6 is 0 Å². The molecule has 1 saturated heterocycles. The molecule has 7 nitrogen and oxygen atoms in total. The number of methoxy groups -OCH3 is 2. The van der Waals surface area contributed by atoms with E-state index >= 15 is 0 Å². The highest BCUT2D eigenvalue weighted by Crippen LogP contribution is 2.25. The number of anilines is 2. The van der Waals surface area contributed by atoms with Crippen LogP contribution in [-0.4, -0.2) is 43.4 Å². The van der Waals surface area contributed by atoms with E-state index < -0.39 is 0 Å². The molecule has 0 bridgehead atoms. The zero-order chi connectivity index (χ0) is 22.3. The van der Waals surface area contributed by atoms with E-state index in [1.165, 1.54) is 25.7 Å². The Bertz CT molecular complexity index is 1020. The molecule has 0 unspecified atom stereocenters. The first kappa shape index (κ1) is 21.6. The number of aromatic nitrogens is 2. The molecule has 32 heavy (non-hydrogen) atoms. The van der Waals surface area contributed by atoms with Crippen LogP contribution in [0.2, 0.25) is 0 Å². The number of hydrogen-bond acceptors (Lipinski definition) is 6. The second-order valence-corrected chi connectivity index (χ2v) is 7.81. The van der Waals surface area contributed by atoms with E-state index in [9.17, 15) is 4.79 Å². The van der Waals surface area contributed by atoms with Gasteiger partial charge in [0.1, 0.15) is 11.5 Å². The van der Waals surface area contributed by atoms with Crippen molar-refractivity contribution in [3.8, 4) is 22.8 Å². The van der Waals surface area contributed by atoms with Gasteiger partial charge in [0, 0.05) is 36.0 Å². The second-order valence-electron chi connectivity index (χ2n) is 7.81. The van der Waals surface area contributed by atoms with Crippen LogP contribution in [0.4, 0.5) is 11.5 Å². The molecule has 2 heterocycles. The van der Waals surface area contributed by atoms with Crippen LogP contribution in [0.5, 0.6) is 11.5 Å². The van der Waals surface area contributed by atoms with Gasteiger partial charge >= 0.3 is 0 Å². The lowest BCUT2D eigenvalue weighted by Gasteiger charge is -2.20. The van der Waals surface area contributed by atoms with Gasteiger partial charge in [-0.05, 0) is 49.2 Å². The lowest BCUT2D eigenvalue weighted by molar-refractivity contribution is 0.102. The normalized spacial score (nSPS) is 13.9. The molecule has 0 atom stereocenters. The van der Waals surface area contributed by atoms with Crippen molar-refractivity contribution in [2.75, 3.05) is 37.5 Å². The van der Waals surface area contributed by atoms with Crippen molar-refractivity contribution in [3.05, 3.63) is 60.2 Å². The largest absolute Gasteiger partial charge is 0.497 e. The minimum atomic E-state index is -0.239. The van der Waals surface area contributed by atoms with Gasteiger partial charge in [-0.2, -0.15) is 0 Å². The maximum absolute atomic E-state index is 12.7. The summed E-state index contributed by atoms with van der Waals surface area (Å²) in [5, 5.41) is 11.8. The summed E-state index contributed by atoms with van der Waals surface area (Å²) in [5.74, 6) is 1.82. The summed E-state index contributed by atoms with van der Waals surface area (Å²) < 4.78 is 10.5. The second kappa shape index (κ2) is 10.1. The fourth-order valence-corrected chi connectivity index (χ4v) is 3.81. The first-order chi connectivity index (χ1) is 15.7. The molecule has 1 fully saturated rings. The summed E-state index contributed by atoms with van der Waals surface area (Å²) in [6.45, 7) is 2.09. The van der Waals surface area contributed by atoms with Crippen molar-refractivity contribution in [3.63, 3.8) is 0 Å². The quantitative estimate of drug-likeness (QED) is 0.603. The number of nitrogens with zero attached hydrogens (tertiary/aromatic N) is 3. The van der Waals surface area contributed by atoms with Gasteiger partial charge in [-0.25, -0.2) is 0 Å². The SMILES string of the molecule is COc1cc(OC)cc(C(=O)Nc2ccc(-c3ccc(N4CCCCCC4)nn3)cc2)c1. The number of hydrogen-bond donors (Lipinski definition) is 1. The molecule has 3 aromatic rings. The molecule has 7 heteroatoms. The first-order valence-electron chi connectivity index (χ1n) is 10.9. The number of benzene rings is 2. The van der Waals surface area contributed by atoms with E-state index in [0.717, 1.165) is 30.2 Å². The van der Waals surface area contributed by atoms with E-state index in [-0.39, 0.29) is 5.91 Å². The Labute approximate surface area is 188 Å². The van der Waals surface area contributed by atoms with Gasteiger partial charge in [0.25, 0.3) is 5.91 Å². The molecular weight excluding hydrogens is 404 g/mol. The molecule has 1 aromatic heterocycles. The van der Waals surface area contributed by atoms with Gasteiger partial charge in [0.05, 0.1) is 19.9 Å². The number of nitrogens with one attached hydrogen (secondary N) is 1. The van der Waals surface area contributed by atoms with Crippen LogP contribution in [-0.2, 0) is 0 Å². The highest BCUT2D eigenvalue weighted by Gasteiger charge is 2.13. The molecular formula is C25H28N4O3. The molecule has 0 aliphatic carbocycles. The predicted octanol–water partition coefficient (Wildman–Crippen LogP) is 4.79. The van der Waals surface area contributed by atoms with Crippen molar-refractivity contribution in [2.45, 2.75) is 25.7 Å². The monoisotopic (exact) mass is 432 g/mol. The Hall–Kier alpha value is -3.61. The third-order valence-corrected chi connectivity index (χ3v) is 5.63. The third-order valence-electron chi connectivity index (χ3n) is 5.63. The van der Waals surface area contributed by atoms with Gasteiger partial charge in [-0.3, -0.25) is 4.79 Å².